The van der Waals surface area contributed by atoms with Gasteiger partial charge in [-0.2, -0.15) is 0 Å². The molecule has 140 valence electrons. The van der Waals surface area contributed by atoms with Crippen molar-refractivity contribution in [3.63, 3.8) is 0 Å². The van der Waals surface area contributed by atoms with Crippen LogP contribution in [-0.4, -0.2) is 26.2 Å². The van der Waals surface area contributed by atoms with Gasteiger partial charge in [-0.05, 0) is 43.7 Å². The maximum Gasteiger partial charge on any atom is 0.261 e. The van der Waals surface area contributed by atoms with Crippen molar-refractivity contribution >= 4 is 17.5 Å². The molecule has 0 unspecified atom stereocenters. The standard InChI is InChI=1S/C20H24ClNO4/c1-5-17(26-19-9-7-6-8-16(19)21)20(23)22-13(2)15-12-14(24-3)10-11-18(15)25-4/h6-13,17H,5H2,1-4H3,(H,22,23)/t13-,17+/m1/s1. The maximum absolute atomic E-state index is 12.7. The fourth-order valence-corrected chi connectivity index (χ4v) is 2.76. The number of rotatable bonds is 8. The van der Waals surface area contributed by atoms with E-state index in [2.05, 4.69) is 5.32 Å². The van der Waals surface area contributed by atoms with E-state index in [0.29, 0.717) is 28.7 Å². The van der Waals surface area contributed by atoms with E-state index in [0.717, 1.165) is 5.56 Å². The zero-order chi connectivity index (χ0) is 19.1. The SMILES string of the molecule is CC[C@H](Oc1ccccc1Cl)C(=O)N[C@H](C)c1cc(OC)ccc1OC. The van der Waals surface area contributed by atoms with Crippen molar-refractivity contribution < 1.29 is 19.0 Å². The maximum atomic E-state index is 12.7. The van der Waals surface area contributed by atoms with Gasteiger partial charge in [-0.1, -0.05) is 30.7 Å². The quantitative estimate of drug-likeness (QED) is 0.741. The van der Waals surface area contributed by atoms with Crippen LogP contribution in [0, 0.1) is 0 Å². The number of para-hydroxylation sites is 1. The van der Waals surface area contributed by atoms with Crippen molar-refractivity contribution in [3.8, 4) is 17.2 Å². The summed E-state index contributed by atoms with van der Waals surface area (Å²) in [4.78, 5) is 12.7. The van der Waals surface area contributed by atoms with Crippen molar-refractivity contribution in [2.24, 2.45) is 0 Å². The number of methoxy groups -OCH3 is 2. The minimum absolute atomic E-state index is 0.218. The first-order valence-corrected chi connectivity index (χ1v) is 8.81. The molecule has 0 aromatic heterocycles. The highest BCUT2D eigenvalue weighted by Gasteiger charge is 2.23. The van der Waals surface area contributed by atoms with Crippen LogP contribution < -0.4 is 19.5 Å². The molecule has 0 radical (unpaired) electrons. The van der Waals surface area contributed by atoms with E-state index in [1.165, 1.54) is 0 Å². The van der Waals surface area contributed by atoms with Crippen LogP contribution in [0.1, 0.15) is 31.9 Å². The number of benzene rings is 2. The summed E-state index contributed by atoms with van der Waals surface area (Å²) in [5, 5.41) is 3.44. The number of amides is 1. The number of hydrogen-bond donors (Lipinski definition) is 1. The second-order valence-electron chi connectivity index (χ2n) is 5.78. The Morgan fingerprint density at radius 1 is 1.12 bits per heavy atom. The van der Waals surface area contributed by atoms with Crippen LogP contribution in [0.15, 0.2) is 42.5 Å². The van der Waals surface area contributed by atoms with E-state index in [1.54, 1.807) is 26.4 Å². The predicted molar refractivity (Wildman–Crippen MR) is 102 cm³/mol. The molecule has 0 aliphatic heterocycles. The minimum Gasteiger partial charge on any atom is -0.497 e. The number of hydrogen-bond acceptors (Lipinski definition) is 4. The van der Waals surface area contributed by atoms with Crippen LogP contribution in [0.5, 0.6) is 17.2 Å². The number of carbonyl (C=O) groups is 1. The van der Waals surface area contributed by atoms with Gasteiger partial charge in [-0.15, -0.1) is 0 Å². The lowest BCUT2D eigenvalue weighted by molar-refractivity contribution is -0.128. The van der Waals surface area contributed by atoms with E-state index in [4.69, 9.17) is 25.8 Å². The molecule has 0 aliphatic carbocycles. The summed E-state index contributed by atoms with van der Waals surface area (Å²) in [6.45, 7) is 3.77. The second kappa shape index (κ2) is 9.34. The lowest BCUT2D eigenvalue weighted by atomic mass is 10.1. The van der Waals surface area contributed by atoms with Crippen LogP contribution in [0.2, 0.25) is 5.02 Å². The fraction of sp³-hybridized carbons (Fsp3) is 0.350. The molecule has 0 spiro atoms. The summed E-state index contributed by atoms with van der Waals surface area (Å²) >= 11 is 6.12. The van der Waals surface area contributed by atoms with E-state index in [-0.39, 0.29) is 11.9 Å². The zero-order valence-electron chi connectivity index (χ0n) is 15.4. The molecule has 2 aromatic carbocycles. The van der Waals surface area contributed by atoms with Crippen LogP contribution in [0.25, 0.3) is 0 Å². The average Bonchev–Trinajstić information content (AvgIpc) is 2.66. The van der Waals surface area contributed by atoms with Crippen molar-refractivity contribution in [1.29, 1.82) is 0 Å². The van der Waals surface area contributed by atoms with E-state index >= 15 is 0 Å². The molecular weight excluding hydrogens is 354 g/mol. The van der Waals surface area contributed by atoms with Crippen molar-refractivity contribution in [2.45, 2.75) is 32.4 Å². The number of carbonyl (C=O) groups excluding carboxylic acids is 1. The van der Waals surface area contributed by atoms with Gasteiger partial charge in [0.15, 0.2) is 6.10 Å². The van der Waals surface area contributed by atoms with Gasteiger partial charge in [0, 0.05) is 5.56 Å². The zero-order valence-corrected chi connectivity index (χ0v) is 16.2. The Bertz CT molecular complexity index is 750. The van der Waals surface area contributed by atoms with Crippen LogP contribution in [-0.2, 0) is 4.79 Å². The Kier molecular flexibility index (Phi) is 7.16. The molecule has 0 saturated heterocycles. The number of ether oxygens (including phenoxy) is 3. The van der Waals surface area contributed by atoms with Crippen LogP contribution in [0.3, 0.4) is 0 Å². The van der Waals surface area contributed by atoms with Gasteiger partial charge in [-0.3, -0.25) is 4.79 Å². The molecule has 1 amide bonds. The van der Waals surface area contributed by atoms with E-state index in [9.17, 15) is 4.79 Å². The van der Waals surface area contributed by atoms with Crippen LogP contribution >= 0.6 is 11.6 Å². The van der Waals surface area contributed by atoms with E-state index in [1.807, 2.05) is 44.2 Å². The second-order valence-corrected chi connectivity index (χ2v) is 6.19. The molecule has 2 aromatic rings. The molecule has 2 rings (SSSR count). The average molecular weight is 378 g/mol. The van der Waals surface area contributed by atoms with Gasteiger partial charge < -0.3 is 19.5 Å². The summed E-state index contributed by atoms with van der Waals surface area (Å²) in [7, 11) is 3.19. The molecule has 0 aliphatic rings. The lowest BCUT2D eigenvalue weighted by Gasteiger charge is -2.22. The molecule has 0 saturated carbocycles. The third-order valence-corrected chi connectivity index (χ3v) is 4.34. The highest BCUT2D eigenvalue weighted by atomic mass is 35.5. The molecule has 2 atom stereocenters. The third kappa shape index (κ3) is 4.82. The molecule has 1 N–H and O–H groups in total. The molecular formula is C20H24ClNO4. The van der Waals surface area contributed by atoms with Gasteiger partial charge in [0.1, 0.15) is 17.2 Å². The van der Waals surface area contributed by atoms with Crippen molar-refractivity contribution in [2.75, 3.05) is 14.2 Å². The first-order chi connectivity index (χ1) is 12.5. The molecule has 26 heavy (non-hydrogen) atoms. The Hall–Kier alpha value is -2.40. The first kappa shape index (κ1) is 19.9. The normalized spacial score (nSPS) is 12.8. The van der Waals surface area contributed by atoms with Crippen molar-refractivity contribution in [1.82, 2.24) is 5.32 Å². The van der Waals surface area contributed by atoms with Gasteiger partial charge in [-0.25, -0.2) is 0 Å². The first-order valence-electron chi connectivity index (χ1n) is 8.43. The smallest absolute Gasteiger partial charge is 0.261 e. The van der Waals surface area contributed by atoms with Crippen LogP contribution in [0.4, 0.5) is 0 Å². The molecule has 5 nitrogen and oxygen atoms in total. The number of halogens is 1. The molecule has 0 fully saturated rings. The van der Waals surface area contributed by atoms with Gasteiger partial charge in [0.2, 0.25) is 0 Å². The molecule has 0 bridgehead atoms. The highest BCUT2D eigenvalue weighted by Crippen LogP contribution is 2.30. The summed E-state index contributed by atoms with van der Waals surface area (Å²) in [5.74, 6) is 1.65. The summed E-state index contributed by atoms with van der Waals surface area (Å²) in [6, 6.07) is 12.3. The van der Waals surface area contributed by atoms with Gasteiger partial charge in [0.05, 0.1) is 25.3 Å². The third-order valence-electron chi connectivity index (χ3n) is 4.03. The molecule has 0 heterocycles. The Morgan fingerprint density at radius 3 is 2.46 bits per heavy atom. The topological polar surface area (TPSA) is 56.8 Å². The largest absolute Gasteiger partial charge is 0.497 e. The highest BCUT2D eigenvalue weighted by molar-refractivity contribution is 6.32. The lowest BCUT2D eigenvalue weighted by Crippen LogP contribution is -2.39. The summed E-state index contributed by atoms with van der Waals surface area (Å²) in [5.41, 5.74) is 0.827. The predicted octanol–water partition coefficient (Wildman–Crippen LogP) is 4.39. The van der Waals surface area contributed by atoms with Crippen molar-refractivity contribution in [3.05, 3.63) is 53.1 Å². The Labute approximate surface area is 159 Å². The summed E-state index contributed by atoms with van der Waals surface area (Å²) < 4.78 is 16.4. The Balaban J connectivity index is 2.13. The fourth-order valence-electron chi connectivity index (χ4n) is 2.58. The van der Waals surface area contributed by atoms with Gasteiger partial charge in [0.25, 0.3) is 5.91 Å². The van der Waals surface area contributed by atoms with E-state index < -0.39 is 6.10 Å². The monoisotopic (exact) mass is 377 g/mol. The Morgan fingerprint density at radius 2 is 1.85 bits per heavy atom. The minimum atomic E-state index is -0.644. The summed E-state index contributed by atoms with van der Waals surface area (Å²) in [6.07, 6.45) is -0.132. The van der Waals surface area contributed by atoms with Gasteiger partial charge >= 0.3 is 0 Å². The molecule has 6 heteroatoms. The number of nitrogens with one attached hydrogen (secondary N) is 1.